The van der Waals surface area contributed by atoms with E-state index in [1.165, 1.54) is 0 Å². The minimum absolute atomic E-state index is 0.165. The van der Waals surface area contributed by atoms with Gasteiger partial charge in [0.05, 0.1) is 0 Å². The van der Waals surface area contributed by atoms with Crippen molar-refractivity contribution in [1.29, 1.82) is 0 Å². The molecule has 1 N–H and O–H groups in total. The third kappa shape index (κ3) is 2.25. The number of imidazole rings is 1. The maximum absolute atomic E-state index is 10.5. The van der Waals surface area contributed by atoms with E-state index in [-0.39, 0.29) is 6.61 Å². The van der Waals surface area contributed by atoms with Crippen LogP contribution in [0.5, 0.6) is 0 Å². The molecule has 0 unspecified atom stereocenters. The molecule has 0 fully saturated rings. The smallest absolute Gasteiger partial charge is 0.330 e. The number of nitrogens with zero attached hydrogens (tertiary/aromatic N) is 1. The van der Waals surface area contributed by atoms with Gasteiger partial charge in [-0.25, -0.2) is 9.78 Å². The highest BCUT2D eigenvalue weighted by atomic mass is 16.5. The van der Waals surface area contributed by atoms with Crippen molar-refractivity contribution in [2.45, 2.75) is 6.61 Å². The van der Waals surface area contributed by atoms with Gasteiger partial charge in [0, 0.05) is 18.5 Å². The van der Waals surface area contributed by atoms with E-state index in [1.807, 2.05) is 0 Å². The van der Waals surface area contributed by atoms with Crippen LogP contribution in [0.25, 0.3) is 0 Å². The molecule has 0 aliphatic carbocycles. The van der Waals surface area contributed by atoms with Crippen LogP contribution < -0.4 is 0 Å². The van der Waals surface area contributed by atoms with Gasteiger partial charge >= 0.3 is 5.97 Å². The number of esters is 1. The van der Waals surface area contributed by atoms with Crippen molar-refractivity contribution in [3.05, 3.63) is 30.9 Å². The molecule has 1 aromatic heterocycles. The summed E-state index contributed by atoms with van der Waals surface area (Å²) in [5.74, 6) is 0.182. The van der Waals surface area contributed by atoms with E-state index in [4.69, 9.17) is 0 Å². The molecule has 0 bridgehead atoms. The van der Waals surface area contributed by atoms with Crippen molar-refractivity contribution in [2.24, 2.45) is 0 Å². The summed E-state index contributed by atoms with van der Waals surface area (Å²) in [5, 5.41) is 0. The maximum Gasteiger partial charge on any atom is 0.330 e. The molecule has 1 rings (SSSR count). The fourth-order valence-corrected chi connectivity index (χ4v) is 0.575. The second-order valence-electron chi connectivity index (χ2n) is 1.85. The molecule has 0 aromatic carbocycles. The quantitative estimate of drug-likeness (QED) is 0.510. The van der Waals surface area contributed by atoms with Gasteiger partial charge in [-0.15, -0.1) is 0 Å². The Bertz CT molecular complexity index is 241. The molecule has 0 saturated carbocycles. The summed E-state index contributed by atoms with van der Waals surface area (Å²) in [6.45, 7) is 3.42. The molecule has 0 atom stereocenters. The summed E-state index contributed by atoms with van der Waals surface area (Å²) in [6, 6.07) is 0. The molecule has 0 aliphatic rings. The van der Waals surface area contributed by atoms with Crippen LogP contribution in [-0.4, -0.2) is 15.9 Å². The second-order valence-corrected chi connectivity index (χ2v) is 1.85. The standard InChI is InChI=1S/C7H8N2O2/c1-2-7(10)11-5-6-8-3-4-9-6/h2-4H,1,5H2,(H,8,9). The van der Waals surface area contributed by atoms with Gasteiger partial charge in [0.15, 0.2) is 0 Å². The number of carbonyl (C=O) groups excluding carboxylic acids is 1. The summed E-state index contributed by atoms with van der Waals surface area (Å²) in [7, 11) is 0. The molecule has 1 aromatic rings. The molecule has 4 nitrogen and oxygen atoms in total. The monoisotopic (exact) mass is 152 g/mol. The van der Waals surface area contributed by atoms with Crippen molar-refractivity contribution in [3.63, 3.8) is 0 Å². The minimum atomic E-state index is -0.443. The Labute approximate surface area is 63.9 Å². The number of aromatic amines is 1. The fraction of sp³-hybridized carbons (Fsp3) is 0.143. The van der Waals surface area contributed by atoms with E-state index in [0.717, 1.165) is 6.08 Å². The van der Waals surface area contributed by atoms with E-state index >= 15 is 0 Å². The Balaban J connectivity index is 2.34. The van der Waals surface area contributed by atoms with Crippen LogP contribution in [0.4, 0.5) is 0 Å². The highest BCUT2D eigenvalue weighted by Crippen LogP contribution is 1.91. The summed E-state index contributed by atoms with van der Waals surface area (Å²) in [4.78, 5) is 17.2. The lowest BCUT2D eigenvalue weighted by Crippen LogP contribution is -2.01. The molecule has 0 aliphatic heterocycles. The Kier molecular flexibility index (Phi) is 2.43. The normalized spacial score (nSPS) is 9.09. The summed E-state index contributed by atoms with van der Waals surface area (Å²) in [5.41, 5.74) is 0. The van der Waals surface area contributed by atoms with Crippen LogP contribution in [0.3, 0.4) is 0 Å². The van der Waals surface area contributed by atoms with Crippen LogP contribution in [-0.2, 0) is 16.1 Å². The third-order valence-electron chi connectivity index (χ3n) is 1.07. The summed E-state index contributed by atoms with van der Waals surface area (Å²) >= 11 is 0. The summed E-state index contributed by atoms with van der Waals surface area (Å²) in [6.07, 6.45) is 4.37. The number of hydrogen-bond donors (Lipinski definition) is 1. The largest absolute Gasteiger partial charge is 0.454 e. The first-order valence-corrected chi connectivity index (χ1v) is 3.10. The van der Waals surface area contributed by atoms with Crippen molar-refractivity contribution in [3.8, 4) is 0 Å². The summed E-state index contributed by atoms with van der Waals surface area (Å²) < 4.78 is 4.68. The maximum atomic E-state index is 10.5. The number of H-pyrrole nitrogens is 1. The molecule has 58 valence electrons. The van der Waals surface area contributed by atoms with E-state index in [9.17, 15) is 4.79 Å². The molecule has 1 heterocycles. The zero-order valence-electron chi connectivity index (χ0n) is 5.91. The SMILES string of the molecule is C=CC(=O)OCc1ncc[nH]1. The van der Waals surface area contributed by atoms with Crippen LogP contribution >= 0.6 is 0 Å². The van der Waals surface area contributed by atoms with Crippen LogP contribution in [0.1, 0.15) is 5.82 Å². The highest BCUT2D eigenvalue weighted by molar-refractivity contribution is 5.81. The number of carbonyl (C=O) groups is 1. The molecule has 0 spiro atoms. The van der Waals surface area contributed by atoms with Gasteiger partial charge in [0.2, 0.25) is 0 Å². The average Bonchev–Trinajstić information content (AvgIpc) is 2.52. The number of ether oxygens (including phenoxy) is 1. The van der Waals surface area contributed by atoms with Gasteiger partial charge in [-0.2, -0.15) is 0 Å². The molecular weight excluding hydrogens is 144 g/mol. The first kappa shape index (κ1) is 7.53. The fourth-order valence-electron chi connectivity index (χ4n) is 0.575. The van der Waals surface area contributed by atoms with Gasteiger partial charge in [-0.3, -0.25) is 0 Å². The topological polar surface area (TPSA) is 55.0 Å². The molecule has 11 heavy (non-hydrogen) atoms. The molecule has 0 radical (unpaired) electrons. The highest BCUT2D eigenvalue weighted by Gasteiger charge is 1.97. The van der Waals surface area contributed by atoms with E-state index in [1.54, 1.807) is 12.4 Å². The van der Waals surface area contributed by atoms with Crippen molar-refractivity contribution >= 4 is 5.97 Å². The van der Waals surface area contributed by atoms with E-state index in [2.05, 4.69) is 21.3 Å². The predicted molar refractivity (Wildman–Crippen MR) is 38.6 cm³/mol. The van der Waals surface area contributed by atoms with Gasteiger partial charge in [-0.05, 0) is 0 Å². The first-order chi connectivity index (χ1) is 5.33. The molecule has 4 heteroatoms. The predicted octanol–water partition coefficient (Wildman–Crippen LogP) is 0.639. The number of aromatic nitrogens is 2. The van der Waals surface area contributed by atoms with E-state index in [0.29, 0.717) is 5.82 Å². The lowest BCUT2D eigenvalue weighted by molar-refractivity contribution is -0.139. The Morgan fingerprint density at radius 3 is 3.27 bits per heavy atom. The Morgan fingerprint density at radius 2 is 2.73 bits per heavy atom. The van der Waals surface area contributed by atoms with E-state index < -0.39 is 5.97 Å². The van der Waals surface area contributed by atoms with Crippen molar-refractivity contribution in [2.75, 3.05) is 0 Å². The first-order valence-electron chi connectivity index (χ1n) is 3.10. The molecule has 0 amide bonds. The number of hydrogen-bond acceptors (Lipinski definition) is 3. The second kappa shape index (κ2) is 3.55. The zero-order chi connectivity index (χ0) is 8.10. The Hall–Kier alpha value is -1.58. The van der Waals surface area contributed by atoms with Crippen LogP contribution in [0.15, 0.2) is 25.0 Å². The van der Waals surface area contributed by atoms with Crippen molar-refractivity contribution < 1.29 is 9.53 Å². The van der Waals surface area contributed by atoms with Gasteiger partial charge < -0.3 is 9.72 Å². The minimum Gasteiger partial charge on any atom is -0.454 e. The van der Waals surface area contributed by atoms with Crippen LogP contribution in [0, 0.1) is 0 Å². The van der Waals surface area contributed by atoms with Gasteiger partial charge in [0.25, 0.3) is 0 Å². The molecular formula is C7H8N2O2. The van der Waals surface area contributed by atoms with Crippen molar-refractivity contribution in [1.82, 2.24) is 9.97 Å². The molecule has 0 saturated heterocycles. The van der Waals surface area contributed by atoms with Gasteiger partial charge in [-0.1, -0.05) is 6.58 Å². The zero-order valence-corrected chi connectivity index (χ0v) is 5.91. The lowest BCUT2D eigenvalue weighted by atomic mass is 10.6. The lowest BCUT2D eigenvalue weighted by Gasteiger charge is -1.96. The van der Waals surface area contributed by atoms with Crippen LogP contribution in [0.2, 0.25) is 0 Å². The number of nitrogens with one attached hydrogen (secondary N) is 1. The third-order valence-corrected chi connectivity index (χ3v) is 1.07. The van der Waals surface area contributed by atoms with Gasteiger partial charge in [0.1, 0.15) is 12.4 Å². The Morgan fingerprint density at radius 1 is 1.91 bits per heavy atom. The number of rotatable bonds is 3. The average molecular weight is 152 g/mol.